The van der Waals surface area contributed by atoms with E-state index in [2.05, 4.69) is 11.4 Å². The van der Waals surface area contributed by atoms with Gasteiger partial charge >= 0.3 is 0 Å². The van der Waals surface area contributed by atoms with Crippen LogP contribution in [-0.4, -0.2) is 48.1 Å². The zero-order valence-corrected chi connectivity index (χ0v) is 17.5. The molecule has 1 amide bonds. The van der Waals surface area contributed by atoms with Crippen LogP contribution in [0.5, 0.6) is 11.5 Å². The van der Waals surface area contributed by atoms with Gasteiger partial charge in [0.15, 0.2) is 11.5 Å². The fraction of sp³-hybridized carbons (Fsp3) is 0.304. The highest BCUT2D eigenvalue weighted by Gasteiger charge is 2.12. The Kier molecular flexibility index (Phi) is 6.03. The van der Waals surface area contributed by atoms with Gasteiger partial charge in [-0.15, -0.1) is 0 Å². The van der Waals surface area contributed by atoms with E-state index >= 15 is 0 Å². The molecule has 3 aromatic rings. The molecule has 0 saturated carbocycles. The summed E-state index contributed by atoms with van der Waals surface area (Å²) in [6, 6.07) is 11.2. The first-order valence-corrected chi connectivity index (χ1v) is 9.61. The molecule has 0 saturated heterocycles. The first kappa shape index (κ1) is 20.6. The number of amides is 1. The molecule has 0 aliphatic heterocycles. The van der Waals surface area contributed by atoms with Crippen LogP contribution in [0.15, 0.2) is 36.4 Å². The van der Waals surface area contributed by atoms with Gasteiger partial charge in [-0.1, -0.05) is 0 Å². The van der Waals surface area contributed by atoms with Crippen LogP contribution < -0.4 is 10.1 Å². The number of aromatic hydroxyl groups is 1. The van der Waals surface area contributed by atoms with Gasteiger partial charge in [0.25, 0.3) is 0 Å². The smallest absolute Gasteiger partial charge is 0.238 e. The molecule has 0 spiro atoms. The number of carbonyl (C=O) groups is 1. The maximum atomic E-state index is 12.2. The fourth-order valence-corrected chi connectivity index (χ4v) is 3.25. The van der Waals surface area contributed by atoms with Gasteiger partial charge in [-0.25, -0.2) is 4.98 Å². The Bertz CT molecular complexity index is 1060. The largest absolute Gasteiger partial charge is 0.504 e. The molecule has 152 valence electrons. The number of nitrogens with one attached hydrogen (secondary N) is 1. The number of hydrogen-bond acceptors (Lipinski definition) is 5. The van der Waals surface area contributed by atoms with Gasteiger partial charge in [0.05, 0.1) is 24.4 Å². The quantitative estimate of drug-likeness (QED) is 0.659. The third-order valence-electron chi connectivity index (χ3n) is 4.65. The van der Waals surface area contributed by atoms with Crippen LogP contribution in [0, 0.1) is 13.8 Å². The van der Waals surface area contributed by atoms with Gasteiger partial charge in [-0.05, 0) is 82.4 Å². The Morgan fingerprint density at radius 3 is 2.59 bits per heavy atom. The molecule has 0 fully saturated rings. The molecule has 2 N–H and O–H groups in total. The first-order chi connectivity index (χ1) is 13.8. The van der Waals surface area contributed by atoms with E-state index in [0.717, 1.165) is 39.0 Å². The minimum absolute atomic E-state index is 0.0646. The van der Waals surface area contributed by atoms with Gasteiger partial charge in [0.1, 0.15) is 0 Å². The van der Waals surface area contributed by atoms with Crippen LogP contribution in [0.25, 0.3) is 22.2 Å². The van der Waals surface area contributed by atoms with Gasteiger partial charge in [-0.2, -0.15) is 0 Å². The SMILES string of the molecule is CCOc1cc(-c2cc(C)c3cc(C)c(NC(=O)CN(C)C)cc3n2)ccc1O. The highest BCUT2D eigenvalue weighted by molar-refractivity contribution is 5.96. The van der Waals surface area contributed by atoms with Crippen LogP contribution in [-0.2, 0) is 4.79 Å². The van der Waals surface area contributed by atoms with E-state index in [1.54, 1.807) is 12.1 Å². The summed E-state index contributed by atoms with van der Waals surface area (Å²) in [6.45, 7) is 6.68. The van der Waals surface area contributed by atoms with Crippen LogP contribution in [0.3, 0.4) is 0 Å². The molecule has 2 aromatic carbocycles. The summed E-state index contributed by atoms with van der Waals surface area (Å²) >= 11 is 0. The molecular weight excluding hydrogens is 366 g/mol. The molecule has 0 radical (unpaired) electrons. The number of aromatic nitrogens is 1. The van der Waals surface area contributed by atoms with Crippen LogP contribution >= 0.6 is 0 Å². The number of anilines is 1. The number of aryl methyl sites for hydroxylation is 2. The summed E-state index contributed by atoms with van der Waals surface area (Å²) in [5, 5.41) is 14.0. The summed E-state index contributed by atoms with van der Waals surface area (Å²) in [6.07, 6.45) is 0. The Hall–Kier alpha value is -3.12. The Balaban J connectivity index is 2.04. The predicted molar refractivity (Wildman–Crippen MR) is 117 cm³/mol. The highest BCUT2D eigenvalue weighted by Crippen LogP contribution is 2.33. The number of hydrogen-bond donors (Lipinski definition) is 2. The van der Waals surface area contributed by atoms with E-state index in [1.165, 1.54) is 0 Å². The maximum Gasteiger partial charge on any atom is 0.238 e. The number of likely N-dealkylation sites (N-methyl/N-ethyl adjacent to an activating group) is 1. The lowest BCUT2D eigenvalue weighted by atomic mass is 10.0. The molecule has 0 atom stereocenters. The average Bonchev–Trinajstić information content (AvgIpc) is 2.64. The minimum atomic E-state index is -0.0646. The van der Waals surface area contributed by atoms with Crippen molar-refractivity contribution in [1.29, 1.82) is 0 Å². The van der Waals surface area contributed by atoms with Gasteiger partial charge in [-0.3, -0.25) is 4.79 Å². The summed E-state index contributed by atoms with van der Waals surface area (Å²) in [7, 11) is 3.72. The molecule has 3 rings (SSSR count). The van der Waals surface area contributed by atoms with E-state index in [0.29, 0.717) is 18.9 Å². The van der Waals surface area contributed by atoms with E-state index in [4.69, 9.17) is 9.72 Å². The molecule has 1 heterocycles. The number of ether oxygens (including phenoxy) is 1. The second-order valence-electron chi connectivity index (χ2n) is 7.41. The normalized spacial score (nSPS) is 11.1. The molecule has 0 bridgehead atoms. The third-order valence-corrected chi connectivity index (χ3v) is 4.65. The van der Waals surface area contributed by atoms with Crippen molar-refractivity contribution in [3.63, 3.8) is 0 Å². The topological polar surface area (TPSA) is 74.7 Å². The Labute approximate surface area is 171 Å². The van der Waals surface area contributed by atoms with Crippen molar-refractivity contribution in [2.75, 3.05) is 32.6 Å². The van der Waals surface area contributed by atoms with Gasteiger partial charge < -0.3 is 20.1 Å². The molecule has 0 unspecified atom stereocenters. The molecule has 0 aliphatic rings. The highest BCUT2D eigenvalue weighted by atomic mass is 16.5. The van der Waals surface area contributed by atoms with Crippen molar-refractivity contribution in [3.8, 4) is 22.8 Å². The maximum absolute atomic E-state index is 12.2. The number of rotatable bonds is 6. The summed E-state index contributed by atoms with van der Waals surface area (Å²) < 4.78 is 5.50. The van der Waals surface area contributed by atoms with Crippen molar-refractivity contribution in [2.24, 2.45) is 0 Å². The predicted octanol–water partition coefficient (Wildman–Crippen LogP) is 4.12. The minimum Gasteiger partial charge on any atom is -0.504 e. The molecule has 29 heavy (non-hydrogen) atoms. The zero-order chi connectivity index (χ0) is 21.1. The van der Waals surface area contributed by atoms with Crippen molar-refractivity contribution in [3.05, 3.63) is 47.5 Å². The van der Waals surface area contributed by atoms with Crippen LogP contribution in [0.4, 0.5) is 5.69 Å². The number of phenols is 1. The summed E-state index contributed by atoms with van der Waals surface area (Å²) in [5.41, 5.74) is 5.28. The van der Waals surface area contributed by atoms with E-state index in [1.807, 2.05) is 58.0 Å². The van der Waals surface area contributed by atoms with E-state index in [-0.39, 0.29) is 11.7 Å². The average molecular weight is 393 g/mol. The third kappa shape index (κ3) is 4.66. The van der Waals surface area contributed by atoms with Crippen LogP contribution in [0.1, 0.15) is 18.1 Å². The number of fused-ring (bicyclic) bond motifs is 1. The Morgan fingerprint density at radius 2 is 1.90 bits per heavy atom. The number of carbonyl (C=O) groups excluding carboxylic acids is 1. The number of pyridine rings is 1. The second-order valence-corrected chi connectivity index (χ2v) is 7.41. The zero-order valence-electron chi connectivity index (χ0n) is 17.5. The van der Waals surface area contributed by atoms with E-state index < -0.39 is 0 Å². The lowest BCUT2D eigenvalue weighted by Gasteiger charge is -2.14. The van der Waals surface area contributed by atoms with Gasteiger partial charge in [0, 0.05) is 16.6 Å². The molecule has 0 aliphatic carbocycles. The number of benzene rings is 2. The Morgan fingerprint density at radius 1 is 1.14 bits per heavy atom. The first-order valence-electron chi connectivity index (χ1n) is 9.61. The molecule has 6 nitrogen and oxygen atoms in total. The second kappa shape index (κ2) is 8.49. The standard InChI is InChI=1S/C23H27N3O3/c1-6-29-22-11-16(7-8-21(22)27)19-10-14(2)17-9-15(3)18(12-20(17)24-19)25-23(28)13-26(4)5/h7-12,27H,6,13H2,1-5H3,(H,25,28). The number of phenolic OH excluding ortho intramolecular Hbond substituents is 1. The summed E-state index contributed by atoms with van der Waals surface area (Å²) in [4.78, 5) is 18.8. The molecular formula is C23H27N3O3. The van der Waals surface area contributed by atoms with Crippen molar-refractivity contribution < 1.29 is 14.6 Å². The van der Waals surface area contributed by atoms with E-state index in [9.17, 15) is 9.90 Å². The monoisotopic (exact) mass is 393 g/mol. The number of nitrogens with zero attached hydrogens (tertiary/aromatic N) is 2. The van der Waals surface area contributed by atoms with Gasteiger partial charge in [0.2, 0.25) is 5.91 Å². The lowest BCUT2D eigenvalue weighted by Crippen LogP contribution is -2.27. The van der Waals surface area contributed by atoms with Crippen molar-refractivity contribution in [1.82, 2.24) is 9.88 Å². The molecule has 6 heteroatoms. The molecule has 1 aromatic heterocycles. The summed E-state index contributed by atoms with van der Waals surface area (Å²) in [5.74, 6) is 0.477. The van der Waals surface area contributed by atoms with Crippen molar-refractivity contribution >= 4 is 22.5 Å². The van der Waals surface area contributed by atoms with Crippen LogP contribution in [0.2, 0.25) is 0 Å². The fourth-order valence-electron chi connectivity index (χ4n) is 3.25. The lowest BCUT2D eigenvalue weighted by molar-refractivity contribution is -0.116. The van der Waals surface area contributed by atoms with Crippen molar-refractivity contribution in [2.45, 2.75) is 20.8 Å².